The molecular weight excluding hydrogens is 265 g/mol. The Morgan fingerprint density at radius 2 is 1.35 bits per heavy atom. The molecule has 0 bridgehead atoms. The Kier molecular flexibility index (Phi) is 9.47. The molecule has 0 fully saturated rings. The molecule has 122 valence electrons. The molecule has 0 spiro atoms. The van der Waals surface area contributed by atoms with Crippen LogP contribution in [0.2, 0.25) is 0 Å². The Morgan fingerprint density at radius 1 is 0.900 bits per heavy atom. The maximum atomic E-state index is 12.1. The molecule has 0 aliphatic heterocycles. The van der Waals surface area contributed by atoms with Crippen molar-refractivity contribution in [2.75, 3.05) is 26.2 Å². The maximum absolute atomic E-state index is 12.1. The lowest BCUT2D eigenvalue weighted by Gasteiger charge is -2.30. The first-order chi connectivity index (χ1) is 9.11. The van der Waals surface area contributed by atoms with E-state index in [1.165, 1.54) is 0 Å². The standard InChI is InChI=1S/C15H31F3N2/c1-12(2)6-8-20(9-7-13(3)4)14(5)10-19-11-15(16,17)18/h12-14,19H,6-11H2,1-5H3. The van der Waals surface area contributed by atoms with Gasteiger partial charge in [0.2, 0.25) is 0 Å². The van der Waals surface area contributed by atoms with Gasteiger partial charge in [-0.2, -0.15) is 13.2 Å². The fourth-order valence-corrected chi connectivity index (χ4v) is 1.95. The van der Waals surface area contributed by atoms with Crippen molar-refractivity contribution >= 4 is 0 Å². The summed E-state index contributed by atoms with van der Waals surface area (Å²) < 4.78 is 36.4. The molecule has 0 rings (SSSR count). The number of halogens is 3. The second kappa shape index (κ2) is 9.61. The van der Waals surface area contributed by atoms with Crippen LogP contribution < -0.4 is 5.32 Å². The molecule has 0 saturated carbocycles. The molecule has 1 unspecified atom stereocenters. The minimum Gasteiger partial charge on any atom is -0.307 e. The lowest BCUT2D eigenvalue weighted by Crippen LogP contribution is -2.44. The molecule has 0 aliphatic carbocycles. The number of rotatable bonds is 10. The highest BCUT2D eigenvalue weighted by molar-refractivity contribution is 4.72. The molecule has 0 amide bonds. The summed E-state index contributed by atoms with van der Waals surface area (Å²) in [7, 11) is 0. The third-order valence-electron chi connectivity index (χ3n) is 3.38. The van der Waals surface area contributed by atoms with Gasteiger partial charge in [0.05, 0.1) is 6.54 Å². The van der Waals surface area contributed by atoms with Crippen molar-refractivity contribution in [3.63, 3.8) is 0 Å². The van der Waals surface area contributed by atoms with Gasteiger partial charge in [-0.25, -0.2) is 0 Å². The molecule has 0 radical (unpaired) electrons. The largest absolute Gasteiger partial charge is 0.401 e. The minimum atomic E-state index is -4.12. The molecule has 0 heterocycles. The number of alkyl halides is 3. The van der Waals surface area contributed by atoms with Crippen LogP contribution in [0.5, 0.6) is 0 Å². The van der Waals surface area contributed by atoms with E-state index in [1.807, 2.05) is 6.92 Å². The fourth-order valence-electron chi connectivity index (χ4n) is 1.95. The van der Waals surface area contributed by atoms with E-state index in [9.17, 15) is 13.2 Å². The summed E-state index contributed by atoms with van der Waals surface area (Å²) in [6.45, 7) is 12.1. The van der Waals surface area contributed by atoms with Crippen molar-refractivity contribution in [1.82, 2.24) is 10.2 Å². The molecule has 1 atom stereocenters. The summed E-state index contributed by atoms with van der Waals surface area (Å²) in [4.78, 5) is 2.31. The van der Waals surface area contributed by atoms with Crippen LogP contribution in [0.15, 0.2) is 0 Å². The van der Waals surface area contributed by atoms with E-state index in [2.05, 4.69) is 37.9 Å². The normalized spacial score (nSPS) is 14.6. The number of hydrogen-bond acceptors (Lipinski definition) is 2. The summed E-state index contributed by atoms with van der Waals surface area (Å²) in [6, 6.07) is 0.134. The average molecular weight is 296 g/mol. The summed E-state index contributed by atoms with van der Waals surface area (Å²) >= 11 is 0. The number of hydrogen-bond donors (Lipinski definition) is 1. The van der Waals surface area contributed by atoms with Crippen LogP contribution in [0.1, 0.15) is 47.5 Å². The van der Waals surface area contributed by atoms with Gasteiger partial charge < -0.3 is 5.32 Å². The molecule has 1 N–H and O–H groups in total. The van der Waals surface area contributed by atoms with Gasteiger partial charge in [0, 0.05) is 12.6 Å². The van der Waals surface area contributed by atoms with Crippen LogP contribution in [0.3, 0.4) is 0 Å². The van der Waals surface area contributed by atoms with Gasteiger partial charge >= 0.3 is 6.18 Å². The highest BCUT2D eigenvalue weighted by Crippen LogP contribution is 2.13. The molecular formula is C15H31F3N2. The Balaban J connectivity index is 4.20. The van der Waals surface area contributed by atoms with E-state index >= 15 is 0 Å². The minimum absolute atomic E-state index is 0.134. The van der Waals surface area contributed by atoms with E-state index in [-0.39, 0.29) is 6.04 Å². The molecule has 0 aromatic rings. The monoisotopic (exact) mass is 296 g/mol. The Morgan fingerprint density at radius 3 is 1.70 bits per heavy atom. The lowest BCUT2D eigenvalue weighted by molar-refractivity contribution is -0.125. The van der Waals surface area contributed by atoms with E-state index in [0.717, 1.165) is 25.9 Å². The molecule has 5 heteroatoms. The van der Waals surface area contributed by atoms with Crippen LogP contribution in [0.25, 0.3) is 0 Å². The molecule has 0 saturated heterocycles. The topological polar surface area (TPSA) is 15.3 Å². The van der Waals surface area contributed by atoms with Crippen molar-refractivity contribution in [2.45, 2.75) is 59.7 Å². The van der Waals surface area contributed by atoms with Crippen LogP contribution in [0.4, 0.5) is 13.2 Å². The van der Waals surface area contributed by atoms with Gasteiger partial charge in [-0.1, -0.05) is 27.7 Å². The molecule has 20 heavy (non-hydrogen) atoms. The third kappa shape index (κ3) is 11.5. The molecule has 0 aromatic carbocycles. The highest BCUT2D eigenvalue weighted by Gasteiger charge is 2.26. The van der Waals surface area contributed by atoms with Gasteiger partial charge in [0.1, 0.15) is 0 Å². The Labute approximate surface area is 122 Å². The molecule has 2 nitrogen and oxygen atoms in total. The van der Waals surface area contributed by atoms with Gasteiger partial charge in [0.15, 0.2) is 0 Å². The van der Waals surface area contributed by atoms with E-state index in [1.54, 1.807) is 0 Å². The maximum Gasteiger partial charge on any atom is 0.401 e. The summed E-state index contributed by atoms with van der Waals surface area (Å²) in [5, 5.41) is 2.51. The van der Waals surface area contributed by atoms with Crippen molar-refractivity contribution < 1.29 is 13.2 Å². The number of nitrogens with one attached hydrogen (secondary N) is 1. The zero-order valence-electron chi connectivity index (χ0n) is 13.6. The number of nitrogens with zero attached hydrogens (tertiary/aromatic N) is 1. The van der Waals surface area contributed by atoms with Crippen LogP contribution in [-0.4, -0.2) is 43.3 Å². The second-order valence-electron chi connectivity index (χ2n) is 6.50. The van der Waals surface area contributed by atoms with E-state index in [4.69, 9.17) is 0 Å². The fraction of sp³-hybridized carbons (Fsp3) is 1.00. The Hall–Kier alpha value is -0.290. The summed E-state index contributed by atoms with van der Waals surface area (Å²) in [5.41, 5.74) is 0. The third-order valence-corrected chi connectivity index (χ3v) is 3.38. The average Bonchev–Trinajstić information content (AvgIpc) is 2.26. The van der Waals surface area contributed by atoms with Crippen LogP contribution in [0, 0.1) is 11.8 Å². The quantitative estimate of drug-likeness (QED) is 0.657. The molecule has 0 aliphatic rings. The van der Waals surface area contributed by atoms with Gasteiger partial charge in [-0.3, -0.25) is 4.90 Å². The lowest BCUT2D eigenvalue weighted by atomic mass is 10.1. The first kappa shape index (κ1) is 19.7. The highest BCUT2D eigenvalue weighted by atomic mass is 19.4. The van der Waals surface area contributed by atoms with E-state index in [0.29, 0.717) is 18.4 Å². The van der Waals surface area contributed by atoms with Crippen molar-refractivity contribution in [3.05, 3.63) is 0 Å². The van der Waals surface area contributed by atoms with Gasteiger partial charge in [-0.15, -0.1) is 0 Å². The van der Waals surface area contributed by atoms with Crippen molar-refractivity contribution in [3.8, 4) is 0 Å². The smallest absolute Gasteiger partial charge is 0.307 e. The second-order valence-corrected chi connectivity index (χ2v) is 6.50. The predicted molar refractivity (Wildman–Crippen MR) is 78.9 cm³/mol. The molecule has 0 aromatic heterocycles. The first-order valence-corrected chi connectivity index (χ1v) is 7.63. The van der Waals surface area contributed by atoms with Gasteiger partial charge in [0.25, 0.3) is 0 Å². The first-order valence-electron chi connectivity index (χ1n) is 7.63. The van der Waals surface area contributed by atoms with Crippen molar-refractivity contribution in [2.24, 2.45) is 11.8 Å². The summed E-state index contributed by atoms with van der Waals surface area (Å²) in [6.07, 6.45) is -1.95. The zero-order valence-corrected chi connectivity index (χ0v) is 13.6. The van der Waals surface area contributed by atoms with E-state index < -0.39 is 12.7 Å². The van der Waals surface area contributed by atoms with Crippen LogP contribution in [-0.2, 0) is 0 Å². The summed E-state index contributed by atoms with van der Waals surface area (Å²) in [5.74, 6) is 1.23. The van der Waals surface area contributed by atoms with Crippen molar-refractivity contribution in [1.29, 1.82) is 0 Å². The zero-order chi connectivity index (χ0) is 15.8. The SMILES string of the molecule is CC(C)CCN(CCC(C)C)C(C)CNCC(F)(F)F. The van der Waals surface area contributed by atoms with Crippen LogP contribution >= 0.6 is 0 Å². The van der Waals surface area contributed by atoms with Gasteiger partial charge in [-0.05, 0) is 44.7 Å². The Bertz CT molecular complexity index is 228. The predicted octanol–water partition coefficient (Wildman–Crippen LogP) is 3.92.